The molecule has 0 aliphatic rings. The number of aliphatic carboxylic acids is 1. The summed E-state index contributed by atoms with van der Waals surface area (Å²) in [4.78, 5) is 49.7. The van der Waals surface area contributed by atoms with Gasteiger partial charge in [0.25, 0.3) is 0 Å². The van der Waals surface area contributed by atoms with Crippen LogP contribution >= 0.6 is 0 Å². The van der Waals surface area contributed by atoms with Crippen molar-refractivity contribution >= 4 is 39.5 Å². The van der Waals surface area contributed by atoms with Crippen LogP contribution in [0.4, 0.5) is 5.69 Å². The largest absolute Gasteiger partial charge is 0.481 e. The summed E-state index contributed by atoms with van der Waals surface area (Å²) in [6.07, 6.45) is 1.42. The van der Waals surface area contributed by atoms with E-state index >= 15 is 0 Å². The molecule has 0 saturated heterocycles. The Balaban J connectivity index is 1.61. The van der Waals surface area contributed by atoms with Crippen molar-refractivity contribution in [3.05, 3.63) is 83.9 Å². The van der Waals surface area contributed by atoms with E-state index in [1.165, 1.54) is 31.4 Å². The predicted octanol–water partition coefficient (Wildman–Crippen LogP) is 4.37. The molecule has 240 valence electrons. The number of methoxy groups -OCH3 is 1. The third kappa shape index (κ3) is 10.8. The summed E-state index contributed by atoms with van der Waals surface area (Å²) in [6, 6.07) is 19.2. The lowest BCUT2D eigenvalue weighted by atomic mass is 9.94. The standard InChI is InChI=1S/C33H39N3O8S/c1-21(2)19-29(32(40)35-27-15-11-25(12-16-27)33(41)44-3)36-31(39)26(20-30(37)38)6-4-5-22-7-9-23(10-8-22)24-13-17-28(18-14-24)45(34,42)43/h7-18,21,26,29H,4-6,19-20H2,1-3H3,(H,35,40)(H,36,39)(H,37,38)(H2,34,42,43). The molecule has 0 aliphatic carbocycles. The maximum atomic E-state index is 13.3. The number of carbonyl (C=O) groups is 4. The number of benzene rings is 3. The summed E-state index contributed by atoms with van der Waals surface area (Å²) >= 11 is 0. The van der Waals surface area contributed by atoms with Crippen molar-refractivity contribution < 1.29 is 37.4 Å². The Kier molecular flexibility index (Phi) is 12.4. The van der Waals surface area contributed by atoms with E-state index in [0.29, 0.717) is 36.9 Å². The van der Waals surface area contributed by atoms with E-state index in [0.717, 1.165) is 16.7 Å². The molecule has 0 saturated carbocycles. The molecule has 12 heteroatoms. The van der Waals surface area contributed by atoms with Crippen LogP contribution in [0.2, 0.25) is 0 Å². The van der Waals surface area contributed by atoms with Gasteiger partial charge < -0.3 is 20.5 Å². The molecule has 2 unspecified atom stereocenters. The second-order valence-electron chi connectivity index (χ2n) is 11.2. The number of amides is 2. The van der Waals surface area contributed by atoms with Crippen LogP contribution in [0.25, 0.3) is 11.1 Å². The molecule has 2 atom stereocenters. The van der Waals surface area contributed by atoms with Gasteiger partial charge in [0.05, 0.1) is 24.0 Å². The molecule has 3 rings (SSSR count). The van der Waals surface area contributed by atoms with Gasteiger partial charge >= 0.3 is 11.9 Å². The molecule has 0 fully saturated rings. The zero-order valence-electron chi connectivity index (χ0n) is 25.5. The van der Waals surface area contributed by atoms with Crippen molar-refractivity contribution in [3.8, 4) is 11.1 Å². The highest BCUT2D eigenvalue weighted by molar-refractivity contribution is 7.89. The number of rotatable bonds is 15. The number of sulfonamides is 1. The molecule has 3 aromatic carbocycles. The molecule has 0 spiro atoms. The van der Waals surface area contributed by atoms with Crippen molar-refractivity contribution in [2.75, 3.05) is 12.4 Å². The lowest BCUT2D eigenvalue weighted by molar-refractivity contribution is -0.141. The average molecular weight is 638 g/mol. The molecular formula is C33H39N3O8S. The second kappa shape index (κ2) is 16.0. The Morgan fingerprint density at radius 1 is 0.867 bits per heavy atom. The predicted molar refractivity (Wildman–Crippen MR) is 170 cm³/mol. The van der Waals surface area contributed by atoms with E-state index in [1.807, 2.05) is 38.1 Å². The number of carboxylic acid groups (broad SMARTS) is 1. The number of nitrogens with one attached hydrogen (secondary N) is 2. The Bertz CT molecular complexity index is 1590. The number of nitrogens with two attached hydrogens (primary N) is 1. The molecule has 11 nitrogen and oxygen atoms in total. The fourth-order valence-corrected chi connectivity index (χ4v) is 5.33. The summed E-state index contributed by atoms with van der Waals surface area (Å²) in [5.74, 6) is -3.33. The van der Waals surface area contributed by atoms with Gasteiger partial charge in [-0.3, -0.25) is 14.4 Å². The van der Waals surface area contributed by atoms with Crippen LogP contribution in [0.15, 0.2) is 77.7 Å². The maximum absolute atomic E-state index is 13.3. The fourth-order valence-electron chi connectivity index (χ4n) is 4.82. The van der Waals surface area contributed by atoms with Crippen LogP contribution in [-0.2, 0) is 35.6 Å². The minimum Gasteiger partial charge on any atom is -0.481 e. The van der Waals surface area contributed by atoms with Gasteiger partial charge in [-0.15, -0.1) is 0 Å². The Hall–Kier alpha value is -4.55. The van der Waals surface area contributed by atoms with Crippen molar-refractivity contribution in [1.82, 2.24) is 5.32 Å². The first-order valence-corrected chi connectivity index (χ1v) is 16.0. The van der Waals surface area contributed by atoms with Crippen LogP contribution < -0.4 is 15.8 Å². The van der Waals surface area contributed by atoms with E-state index in [-0.39, 0.29) is 17.2 Å². The fraction of sp³-hybridized carbons (Fsp3) is 0.333. The normalized spacial score (nSPS) is 12.6. The van der Waals surface area contributed by atoms with Crippen LogP contribution in [0.3, 0.4) is 0 Å². The highest BCUT2D eigenvalue weighted by atomic mass is 32.2. The number of hydrogen-bond acceptors (Lipinski definition) is 7. The molecule has 0 aliphatic heterocycles. The molecule has 5 N–H and O–H groups in total. The van der Waals surface area contributed by atoms with Gasteiger partial charge in [0.1, 0.15) is 6.04 Å². The number of carbonyl (C=O) groups excluding carboxylic acids is 3. The van der Waals surface area contributed by atoms with Crippen LogP contribution in [-0.4, -0.2) is 50.4 Å². The second-order valence-corrected chi connectivity index (χ2v) is 12.8. The molecule has 0 radical (unpaired) electrons. The van der Waals surface area contributed by atoms with Crippen LogP contribution in [0.5, 0.6) is 0 Å². The first-order valence-electron chi connectivity index (χ1n) is 14.5. The number of ether oxygens (including phenoxy) is 1. The summed E-state index contributed by atoms with van der Waals surface area (Å²) < 4.78 is 27.7. The Labute approximate surface area is 263 Å². The lowest BCUT2D eigenvalue weighted by Gasteiger charge is -2.23. The van der Waals surface area contributed by atoms with Crippen LogP contribution in [0.1, 0.15) is 55.5 Å². The topological polar surface area (TPSA) is 182 Å². The highest BCUT2D eigenvalue weighted by Crippen LogP contribution is 2.23. The van der Waals surface area contributed by atoms with Gasteiger partial charge in [0.2, 0.25) is 21.8 Å². The minimum absolute atomic E-state index is 0.0331. The monoisotopic (exact) mass is 637 g/mol. The molecule has 3 aromatic rings. The van der Waals surface area contributed by atoms with E-state index in [1.54, 1.807) is 24.3 Å². The summed E-state index contributed by atoms with van der Waals surface area (Å²) in [7, 11) is -2.50. The van der Waals surface area contributed by atoms with E-state index in [9.17, 15) is 32.7 Å². The molecular weight excluding hydrogens is 598 g/mol. The quantitative estimate of drug-likeness (QED) is 0.177. The van der Waals surface area contributed by atoms with Crippen molar-refractivity contribution in [2.24, 2.45) is 17.0 Å². The van der Waals surface area contributed by atoms with E-state index in [4.69, 9.17) is 5.14 Å². The van der Waals surface area contributed by atoms with Crippen LogP contribution in [0, 0.1) is 11.8 Å². The lowest BCUT2D eigenvalue weighted by Crippen LogP contribution is -2.47. The Morgan fingerprint density at radius 2 is 1.44 bits per heavy atom. The highest BCUT2D eigenvalue weighted by Gasteiger charge is 2.28. The van der Waals surface area contributed by atoms with Gasteiger partial charge in [0.15, 0.2) is 0 Å². The first-order chi connectivity index (χ1) is 21.3. The van der Waals surface area contributed by atoms with E-state index in [2.05, 4.69) is 15.4 Å². The molecule has 0 heterocycles. The Morgan fingerprint density at radius 3 is 1.96 bits per heavy atom. The minimum atomic E-state index is -3.77. The van der Waals surface area contributed by atoms with Gasteiger partial charge in [-0.05, 0) is 84.7 Å². The zero-order valence-corrected chi connectivity index (χ0v) is 26.3. The van der Waals surface area contributed by atoms with Crippen molar-refractivity contribution in [1.29, 1.82) is 0 Å². The van der Waals surface area contributed by atoms with Crippen molar-refractivity contribution in [3.63, 3.8) is 0 Å². The molecule has 2 amide bonds. The third-order valence-corrected chi connectivity index (χ3v) is 8.12. The smallest absolute Gasteiger partial charge is 0.337 e. The number of aryl methyl sites for hydroxylation is 1. The molecule has 0 aromatic heterocycles. The van der Waals surface area contributed by atoms with Crippen molar-refractivity contribution in [2.45, 2.75) is 56.9 Å². The summed E-state index contributed by atoms with van der Waals surface area (Å²) in [5, 5.41) is 20.2. The van der Waals surface area contributed by atoms with Gasteiger partial charge in [-0.2, -0.15) is 0 Å². The van der Waals surface area contributed by atoms with Gasteiger partial charge in [-0.25, -0.2) is 18.4 Å². The zero-order chi connectivity index (χ0) is 33.1. The number of anilines is 1. The third-order valence-electron chi connectivity index (χ3n) is 7.19. The number of esters is 1. The first kappa shape index (κ1) is 34.9. The maximum Gasteiger partial charge on any atom is 0.337 e. The number of hydrogen-bond donors (Lipinski definition) is 4. The number of primary sulfonamides is 1. The van der Waals surface area contributed by atoms with E-state index < -0.39 is 45.7 Å². The average Bonchev–Trinajstić information content (AvgIpc) is 2.99. The van der Waals surface area contributed by atoms with Gasteiger partial charge in [0, 0.05) is 11.6 Å². The SMILES string of the molecule is COC(=O)c1ccc(NC(=O)C(CC(C)C)NC(=O)C(CCCc2ccc(-c3ccc(S(N)(=O)=O)cc3)cc2)CC(=O)O)cc1. The number of carboxylic acids is 1. The molecule has 0 bridgehead atoms. The summed E-state index contributed by atoms with van der Waals surface area (Å²) in [5.41, 5.74) is 3.46. The van der Waals surface area contributed by atoms with Gasteiger partial charge in [-0.1, -0.05) is 50.2 Å². The molecule has 45 heavy (non-hydrogen) atoms. The summed E-state index contributed by atoms with van der Waals surface area (Å²) in [6.45, 7) is 3.83.